The standard InChI is InChI=1S/C9H20N4/c10-7(11)9(8(12)13)4-5-1-2-6(9)3-5/h5-8H,1-4,10-13H2. The van der Waals surface area contributed by atoms with E-state index in [1.807, 2.05) is 0 Å². The van der Waals surface area contributed by atoms with Gasteiger partial charge in [0.2, 0.25) is 0 Å². The molecule has 2 fully saturated rings. The zero-order chi connectivity index (χ0) is 9.64. The maximum absolute atomic E-state index is 5.84. The topological polar surface area (TPSA) is 104 Å². The van der Waals surface area contributed by atoms with E-state index in [1.54, 1.807) is 0 Å². The zero-order valence-corrected chi connectivity index (χ0v) is 7.95. The summed E-state index contributed by atoms with van der Waals surface area (Å²) >= 11 is 0. The first-order valence-corrected chi connectivity index (χ1v) is 5.09. The van der Waals surface area contributed by atoms with Gasteiger partial charge in [0.25, 0.3) is 0 Å². The second-order valence-electron chi connectivity index (χ2n) is 4.74. The van der Waals surface area contributed by atoms with Gasteiger partial charge in [-0.3, -0.25) is 0 Å². The summed E-state index contributed by atoms with van der Waals surface area (Å²) < 4.78 is 0. The summed E-state index contributed by atoms with van der Waals surface area (Å²) in [5, 5.41) is 0. The molecule has 2 aliphatic carbocycles. The van der Waals surface area contributed by atoms with Crippen molar-refractivity contribution in [2.45, 2.75) is 38.0 Å². The third kappa shape index (κ3) is 1.13. The lowest BCUT2D eigenvalue weighted by molar-refractivity contribution is 0.0887. The maximum atomic E-state index is 5.84. The van der Waals surface area contributed by atoms with Gasteiger partial charge in [-0.05, 0) is 31.1 Å². The third-order valence-electron chi connectivity index (χ3n) is 4.18. The molecule has 0 aliphatic heterocycles. The van der Waals surface area contributed by atoms with Gasteiger partial charge < -0.3 is 22.9 Å². The van der Waals surface area contributed by atoms with Gasteiger partial charge in [0.1, 0.15) is 0 Å². The van der Waals surface area contributed by atoms with Gasteiger partial charge in [-0.1, -0.05) is 6.42 Å². The van der Waals surface area contributed by atoms with E-state index >= 15 is 0 Å². The molecule has 0 spiro atoms. The van der Waals surface area contributed by atoms with Crippen molar-refractivity contribution in [3.05, 3.63) is 0 Å². The third-order valence-corrected chi connectivity index (χ3v) is 4.18. The van der Waals surface area contributed by atoms with E-state index in [0.29, 0.717) is 5.92 Å². The number of hydrogen-bond acceptors (Lipinski definition) is 4. The van der Waals surface area contributed by atoms with Crippen LogP contribution in [0.2, 0.25) is 0 Å². The fourth-order valence-corrected chi connectivity index (χ4v) is 3.45. The molecule has 76 valence electrons. The van der Waals surface area contributed by atoms with Gasteiger partial charge in [0.15, 0.2) is 0 Å². The molecule has 0 saturated heterocycles. The molecule has 0 heterocycles. The van der Waals surface area contributed by atoms with E-state index in [0.717, 1.165) is 12.3 Å². The van der Waals surface area contributed by atoms with Gasteiger partial charge in [-0.25, -0.2) is 0 Å². The van der Waals surface area contributed by atoms with Crippen LogP contribution < -0.4 is 22.9 Å². The number of rotatable bonds is 2. The van der Waals surface area contributed by atoms with E-state index < -0.39 is 0 Å². The summed E-state index contributed by atoms with van der Waals surface area (Å²) in [5.41, 5.74) is 23.2. The van der Waals surface area contributed by atoms with Crippen molar-refractivity contribution < 1.29 is 0 Å². The molecule has 2 bridgehead atoms. The molecule has 2 aliphatic rings. The summed E-state index contributed by atoms with van der Waals surface area (Å²) in [6.07, 6.45) is 4.07. The van der Waals surface area contributed by atoms with Crippen LogP contribution in [0.1, 0.15) is 25.7 Å². The average Bonchev–Trinajstić information content (AvgIpc) is 2.61. The molecular formula is C9H20N4. The highest BCUT2D eigenvalue weighted by Gasteiger charge is 2.55. The van der Waals surface area contributed by atoms with E-state index in [9.17, 15) is 0 Å². The van der Waals surface area contributed by atoms with E-state index in [4.69, 9.17) is 22.9 Å². The first-order chi connectivity index (χ1) is 6.07. The van der Waals surface area contributed by atoms with E-state index in [2.05, 4.69) is 0 Å². The minimum atomic E-state index is -0.359. The summed E-state index contributed by atoms with van der Waals surface area (Å²) in [7, 11) is 0. The van der Waals surface area contributed by atoms with Crippen LogP contribution in [0.15, 0.2) is 0 Å². The van der Waals surface area contributed by atoms with Crippen LogP contribution in [0.4, 0.5) is 0 Å². The Morgan fingerprint density at radius 3 is 1.85 bits per heavy atom. The Morgan fingerprint density at radius 2 is 1.62 bits per heavy atom. The predicted octanol–water partition coefficient (Wildman–Crippen LogP) is -0.720. The Labute approximate surface area is 79.0 Å². The molecule has 2 unspecified atom stereocenters. The van der Waals surface area contributed by atoms with Gasteiger partial charge in [0.05, 0.1) is 12.3 Å². The van der Waals surface area contributed by atoms with Gasteiger partial charge in [-0.2, -0.15) is 0 Å². The lowest BCUT2D eigenvalue weighted by Gasteiger charge is -2.43. The Hall–Kier alpha value is -0.160. The van der Waals surface area contributed by atoms with Gasteiger partial charge in [0, 0.05) is 5.41 Å². The zero-order valence-electron chi connectivity index (χ0n) is 7.95. The minimum absolute atomic E-state index is 0.178. The quantitative estimate of drug-likeness (QED) is 0.425. The molecular weight excluding hydrogens is 164 g/mol. The highest BCUT2D eigenvalue weighted by Crippen LogP contribution is 2.56. The highest BCUT2D eigenvalue weighted by molar-refractivity contribution is 5.06. The van der Waals surface area contributed by atoms with Crippen LogP contribution >= 0.6 is 0 Å². The highest BCUT2D eigenvalue weighted by atomic mass is 15.0. The lowest BCUT2D eigenvalue weighted by atomic mass is 9.69. The van der Waals surface area contributed by atoms with Crippen molar-refractivity contribution in [2.75, 3.05) is 0 Å². The monoisotopic (exact) mass is 184 g/mol. The normalized spacial score (nSPS) is 36.5. The van der Waals surface area contributed by atoms with Crippen molar-refractivity contribution in [1.29, 1.82) is 0 Å². The molecule has 0 aromatic heterocycles. The minimum Gasteiger partial charge on any atom is -0.316 e. The number of hydrogen-bond donors (Lipinski definition) is 4. The van der Waals surface area contributed by atoms with Crippen LogP contribution in [0.5, 0.6) is 0 Å². The molecule has 4 heteroatoms. The van der Waals surface area contributed by atoms with Gasteiger partial charge >= 0.3 is 0 Å². The van der Waals surface area contributed by atoms with Crippen molar-refractivity contribution in [1.82, 2.24) is 0 Å². The molecule has 0 aromatic rings. The van der Waals surface area contributed by atoms with Crippen molar-refractivity contribution in [2.24, 2.45) is 40.2 Å². The molecule has 2 atom stereocenters. The van der Waals surface area contributed by atoms with E-state index in [-0.39, 0.29) is 17.7 Å². The summed E-state index contributed by atoms with van der Waals surface area (Å²) in [5.74, 6) is 1.34. The van der Waals surface area contributed by atoms with Crippen LogP contribution in [0.25, 0.3) is 0 Å². The molecule has 4 nitrogen and oxygen atoms in total. The maximum Gasteiger partial charge on any atom is 0.0609 e. The molecule has 0 amide bonds. The summed E-state index contributed by atoms with van der Waals surface area (Å²) in [4.78, 5) is 0. The number of fused-ring (bicyclic) bond motifs is 2. The molecule has 2 rings (SSSR count). The Balaban J connectivity index is 2.25. The fraction of sp³-hybridized carbons (Fsp3) is 1.00. The Kier molecular flexibility index (Phi) is 2.11. The summed E-state index contributed by atoms with van der Waals surface area (Å²) in [6.45, 7) is 0. The fourth-order valence-electron chi connectivity index (χ4n) is 3.45. The second-order valence-corrected chi connectivity index (χ2v) is 4.74. The van der Waals surface area contributed by atoms with Gasteiger partial charge in [-0.15, -0.1) is 0 Å². The molecule has 0 aromatic carbocycles. The SMILES string of the molecule is NC(N)C1(C(N)N)CC2CCC1C2. The smallest absolute Gasteiger partial charge is 0.0609 e. The average molecular weight is 184 g/mol. The van der Waals surface area contributed by atoms with Crippen LogP contribution in [-0.2, 0) is 0 Å². The van der Waals surface area contributed by atoms with Crippen LogP contribution in [0.3, 0.4) is 0 Å². The summed E-state index contributed by atoms with van der Waals surface area (Å²) in [6, 6.07) is 0. The lowest BCUT2D eigenvalue weighted by Crippen LogP contribution is -2.63. The first kappa shape index (κ1) is 9.40. The predicted molar refractivity (Wildman–Crippen MR) is 52.2 cm³/mol. The van der Waals surface area contributed by atoms with Crippen molar-refractivity contribution >= 4 is 0 Å². The first-order valence-electron chi connectivity index (χ1n) is 5.09. The molecule has 0 radical (unpaired) electrons. The van der Waals surface area contributed by atoms with Crippen molar-refractivity contribution in [3.63, 3.8) is 0 Å². The molecule has 13 heavy (non-hydrogen) atoms. The van der Waals surface area contributed by atoms with Crippen molar-refractivity contribution in [3.8, 4) is 0 Å². The van der Waals surface area contributed by atoms with Crippen LogP contribution in [-0.4, -0.2) is 12.3 Å². The second kappa shape index (κ2) is 2.92. The molecule has 2 saturated carbocycles. The van der Waals surface area contributed by atoms with Crippen LogP contribution in [0, 0.1) is 17.3 Å². The Morgan fingerprint density at radius 1 is 1.00 bits per heavy atom. The Bertz CT molecular complexity index is 194. The molecule has 8 N–H and O–H groups in total. The largest absolute Gasteiger partial charge is 0.316 e. The van der Waals surface area contributed by atoms with E-state index in [1.165, 1.54) is 19.3 Å². The number of nitrogens with two attached hydrogens (primary N) is 4.